The summed E-state index contributed by atoms with van der Waals surface area (Å²) in [4.78, 5) is 11.9. The largest absolute Gasteiger partial charge is 0.324 e. The summed E-state index contributed by atoms with van der Waals surface area (Å²) in [6, 6.07) is 4.07. The zero-order valence-electron chi connectivity index (χ0n) is 11.6. The molecule has 3 rings (SSSR count). The molecule has 0 spiro atoms. The van der Waals surface area contributed by atoms with Crippen molar-refractivity contribution in [2.75, 3.05) is 10.6 Å². The molecule has 21 heavy (non-hydrogen) atoms. The highest BCUT2D eigenvalue weighted by molar-refractivity contribution is 5.99. The molecule has 1 heterocycles. The van der Waals surface area contributed by atoms with E-state index >= 15 is 0 Å². The number of amides is 2. The van der Waals surface area contributed by atoms with Crippen molar-refractivity contribution < 1.29 is 9.18 Å². The Hall–Kier alpha value is -2.44. The summed E-state index contributed by atoms with van der Waals surface area (Å²) in [6.45, 7) is 2.44. The van der Waals surface area contributed by atoms with E-state index in [4.69, 9.17) is 0 Å². The van der Waals surface area contributed by atoms with E-state index in [0.29, 0.717) is 23.0 Å². The lowest BCUT2D eigenvalue weighted by Gasteiger charge is -2.08. The van der Waals surface area contributed by atoms with E-state index in [1.807, 2.05) is 0 Å². The maximum atomic E-state index is 13.4. The van der Waals surface area contributed by atoms with Gasteiger partial charge in [-0.25, -0.2) is 9.18 Å². The van der Waals surface area contributed by atoms with E-state index in [9.17, 15) is 9.18 Å². The Bertz CT molecular complexity index is 665. The van der Waals surface area contributed by atoms with Crippen LogP contribution in [0.4, 0.5) is 20.7 Å². The fraction of sp³-hybridized carbons (Fsp3) is 0.357. The van der Waals surface area contributed by atoms with Gasteiger partial charge in [-0.2, -0.15) is 0 Å². The van der Waals surface area contributed by atoms with Crippen LogP contribution in [0.5, 0.6) is 0 Å². The Balaban J connectivity index is 1.60. The van der Waals surface area contributed by atoms with Crippen molar-refractivity contribution in [3.05, 3.63) is 35.8 Å². The van der Waals surface area contributed by atoms with E-state index in [2.05, 4.69) is 20.9 Å². The number of anilines is 2. The predicted octanol–water partition coefficient (Wildman–Crippen LogP) is 2.78. The third-order valence-electron chi connectivity index (χ3n) is 3.44. The first-order valence-electron chi connectivity index (χ1n) is 6.85. The Morgan fingerprint density at radius 2 is 2.24 bits per heavy atom. The standard InChI is InChI=1S/C14H16FN5O/c1-9-11(15)3-2-4-12(9)16-14(21)17-13-8-20(19-18-13)7-10-5-6-10/h2-4,8,10H,5-7H2,1H3,(H2,16,17,21). The molecule has 1 saturated carbocycles. The lowest BCUT2D eigenvalue weighted by atomic mass is 10.2. The first kappa shape index (κ1) is 13.5. The van der Waals surface area contributed by atoms with Crippen molar-refractivity contribution in [1.29, 1.82) is 0 Å². The summed E-state index contributed by atoms with van der Waals surface area (Å²) in [6.07, 6.45) is 4.14. The molecule has 7 heteroatoms. The van der Waals surface area contributed by atoms with Gasteiger partial charge in [-0.1, -0.05) is 11.3 Å². The van der Waals surface area contributed by atoms with E-state index in [0.717, 1.165) is 6.54 Å². The molecule has 0 aliphatic heterocycles. The van der Waals surface area contributed by atoms with Crippen LogP contribution in [0, 0.1) is 18.7 Å². The molecule has 0 unspecified atom stereocenters. The third kappa shape index (κ3) is 3.36. The molecule has 0 bridgehead atoms. The van der Waals surface area contributed by atoms with E-state index < -0.39 is 6.03 Å². The molecule has 1 aromatic heterocycles. The monoisotopic (exact) mass is 289 g/mol. The van der Waals surface area contributed by atoms with Crippen LogP contribution in [0.2, 0.25) is 0 Å². The quantitative estimate of drug-likeness (QED) is 0.909. The summed E-state index contributed by atoms with van der Waals surface area (Å²) in [5.74, 6) is 0.703. The molecule has 1 aliphatic carbocycles. The zero-order chi connectivity index (χ0) is 14.8. The molecule has 6 nitrogen and oxygen atoms in total. The zero-order valence-corrected chi connectivity index (χ0v) is 11.6. The molecule has 0 saturated heterocycles. The second-order valence-corrected chi connectivity index (χ2v) is 5.26. The number of carbonyl (C=O) groups excluding carboxylic acids is 1. The Labute approximate surface area is 121 Å². The van der Waals surface area contributed by atoms with Crippen LogP contribution in [0.1, 0.15) is 18.4 Å². The number of carbonyl (C=O) groups is 1. The van der Waals surface area contributed by atoms with Crippen molar-refractivity contribution in [2.24, 2.45) is 5.92 Å². The minimum atomic E-state index is -0.470. The first-order chi connectivity index (χ1) is 10.1. The lowest BCUT2D eigenvalue weighted by molar-refractivity contribution is 0.262. The molecular formula is C14H16FN5O. The molecule has 1 aromatic carbocycles. The summed E-state index contributed by atoms with van der Waals surface area (Å²) < 4.78 is 15.1. The molecule has 2 aromatic rings. The van der Waals surface area contributed by atoms with Crippen LogP contribution in [-0.4, -0.2) is 21.0 Å². The summed E-state index contributed by atoms with van der Waals surface area (Å²) in [5, 5.41) is 13.0. The first-order valence-corrected chi connectivity index (χ1v) is 6.85. The van der Waals surface area contributed by atoms with Gasteiger partial charge >= 0.3 is 6.03 Å². The highest BCUT2D eigenvalue weighted by atomic mass is 19.1. The number of nitrogens with one attached hydrogen (secondary N) is 2. The fourth-order valence-corrected chi connectivity index (χ4v) is 2.02. The highest BCUT2D eigenvalue weighted by Crippen LogP contribution is 2.30. The van der Waals surface area contributed by atoms with Crippen LogP contribution in [0.3, 0.4) is 0 Å². The fourth-order valence-electron chi connectivity index (χ4n) is 2.02. The predicted molar refractivity (Wildman–Crippen MR) is 76.5 cm³/mol. The number of benzene rings is 1. The SMILES string of the molecule is Cc1c(F)cccc1NC(=O)Nc1cn(CC2CC2)nn1. The van der Waals surface area contributed by atoms with Gasteiger partial charge in [-0.3, -0.25) is 10.00 Å². The molecular weight excluding hydrogens is 273 g/mol. The van der Waals surface area contributed by atoms with Crippen molar-refractivity contribution >= 4 is 17.5 Å². The third-order valence-corrected chi connectivity index (χ3v) is 3.44. The maximum Gasteiger partial charge on any atom is 0.324 e. The summed E-state index contributed by atoms with van der Waals surface area (Å²) in [5.41, 5.74) is 0.822. The average Bonchev–Trinajstić information content (AvgIpc) is 3.15. The van der Waals surface area contributed by atoms with Crippen LogP contribution >= 0.6 is 0 Å². The molecule has 2 amide bonds. The van der Waals surface area contributed by atoms with Crippen LogP contribution in [0.25, 0.3) is 0 Å². The summed E-state index contributed by atoms with van der Waals surface area (Å²) in [7, 11) is 0. The summed E-state index contributed by atoms with van der Waals surface area (Å²) >= 11 is 0. The van der Waals surface area contributed by atoms with E-state index in [-0.39, 0.29) is 5.82 Å². The Morgan fingerprint density at radius 3 is 3.00 bits per heavy atom. The van der Waals surface area contributed by atoms with Gasteiger partial charge in [0.1, 0.15) is 5.82 Å². The van der Waals surface area contributed by atoms with Gasteiger partial charge in [0.25, 0.3) is 0 Å². The molecule has 0 radical (unpaired) electrons. The van der Waals surface area contributed by atoms with Gasteiger partial charge in [0.05, 0.1) is 6.20 Å². The molecule has 1 fully saturated rings. The number of rotatable bonds is 4. The van der Waals surface area contributed by atoms with Crippen molar-refractivity contribution in [3.8, 4) is 0 Å². The van der Waals surface area contributed by atoms with Gasteiger partial charge in [-0.15, -0.1) is 5.10 Å². The van der Waals surface area contributed by atoms with Gasteiger partial charge in [0.2, 0.25) is 0 Å². The van der Waals surface area contributed by atoms with Gasteiger partial charge in [0.15, 0.2) is 5.82 Å². The minimum Gasteiger partial charge on any atom is -0.307 e. The Morgan fingerprint density at radius 1 is 1.43 bits per heavy atom. The van der Waals surface area contributed by atoms with Gasteiger partial charge < -0.3 is 5.32 Å². The topological polar surface area (TPSA) is 71.8 Å². The number of urea groups is 1. The van der Waals surface area contributed by atoms with Crippen molar-refractivity contribution in [1.82, 2.24) is 15.0 Å². The minimum absolute atomic E-state index is 0.358. The molecule has 110 valence electrons. The Kier molecular flexibility index (Phi) is 3.55. The van der Waals surface area contributed by atoms with E-state index in [1.54, 1.807) is 29.9 Å². The number of halogens is 1. The number of nitrogens with zero attached hydrogens (tertiary/aromatic N) is 3. The van der Waals surface area contributed by atoms with E-state index in [1.165, 1.54) is 18.9 Å². The van der Waals surface area contributed by atoms with Crippen LogP contribution in [-0.2, 0) is 6.54 Å². The normalized spacial score (nSPS) is 14.0. The lowest BCUT2D eigenvalue weighted by Crippen LogP contribution is -2.20. The second kappa shape index (κ2) is 5.51. The van der Waals surface area contributed by atoms with Gasteiger partial charge in [0, 0.05) is 17.8 Å². The highest BCUT2D eigenvalue weighted by Gasteiger charge is 2.22. The van der Waals surface area contributed by atoms with Crippen molar-refractivity contribution in [3.63, 3.8) is 0 Å². The molecule has 0 atom stereocenters. The smallest absolute Gasteiger partial charge is 0.307 e. The van der Waals surface area contributed by atoms with Crippen LogP contribution in [0.15, 0.2) is 24.4 Å². The second-order valence-electron chi connectivity index (χ2n) is 5.26. The molecule has 1 aliphatic rings. The number of hydrogen-bond acceptors (Lipinski definition) is 3. The van der Waals surface area contributed by atoms with Crippen molar-refractivity contribution in [2.45, 2.75) is 26.3 Å². The van der Waals surface area contributed by atoms with Crippen LogP contribution < -0.4 is 10.6 Å². The molecule has 2 N–H and O–H groups in total. The number of aromatic nitrogens is 3. The van der Waals surface area contributed by atoms with Gasteiger partial charge in [-0.05, 0) is 37.8 Å². The number of hydrogen-bond donors (Lipinski definition) is 2. The average molecular weight is 289 g/mol. The maximum absolute atomic E-state index is 13.4.